The zero-order chi connectivity index (χ0) is 19.2. The van der Waals surface area contributed by atoms with E-state index in [0.29, 0.717) is 12.6 Å². The topological polar surface area (TPSA) is 70.3 Å². The Balaban J connectivity index is 1.42. The summed E-state index contributed by atoms with van der Waals surface area (Å²) in [6.45, 7) is 8.55. The van der Waals surface area contributed by atoms with Crippen LogP contribution in [-0.4, -0.2) is 70.7 Å². The summed E-state index contributed by atoms with van der Waals surface area (Å²) in [5.41, 5.74) is 2.01. The fraction of sp³-hybridized carbons (Fsp3) is 0.600. The molecule has 1 unspecified atom stereocenters. The van der Waals surface area contributed by atoms with Crippen molar-refractivity contribution in [3.63, 3.8) is 0 Å². The molecule has 1 aliphatic heterocycles. The van der Waals surface area contributed by atoms with Crippen LogP contribution in [0, 0.1) is 0 Å². The molecule has 1 aliphatic carbocycles. The van der Waals surface area contributed by atoms with Gasteiger partial charge in [-0.25, -0.2) is 0 Å². The lowest BCUT2D eigenvalue weighted by atomic mass is 10.2. The van der Waals surface area contributed by atoms with Crippen molar-refractivity contribution < 1.29 is 19.4 Å². The minimum atomic E-state index is -0.0698. The Labute approximate surface area is 161 Å². The van der Waals surface area contributed by atoms with E-state index in [4.69, 9.17) is 0 Å². The van der Waals surface area contributed by atoms with Crippen LogP contribution >= 0.6 is 0 Å². The Hall–Kier alpha value is -2.12. The number of quaternary nitrogens is 2. The van der Waals surface area contributed by atoms with Crippen molar-refractivity contribution in [2.45, 2.75) is 25.8 Å². The summed E-state index contributed by atoms with van der Waals surface area (Å²) in [6.07, 6.45) is 2.16. The molecule has 1 aromatic carbocycles. The Kier molecular flexibility index (Phi) is 6.68. The van der Waals surface area contributed by atoms with Crippen molar-refractivity contribution in [1.29, 1.82) is 0 Å². The lowest BCUT2D eigenvalue weighted by Crippen LogP contribution is -3.14. The predicted octanol–water partition coefficient (Wildman–Crippen LogP) is -1.86. The summed E-state index contributed by atoms with van der Waals surface area (Å²) in [6, 6.07) is 8.44. The van der Waals surface area contributed by atoms with E-state index < -0.39 is 0 Å². The van der Waals surface area contributed by atoms with Gasteiger partial charge in [-0.05, 0) is 44.0 Å². The van der Waals surface area contributed by atoms with Crippen molar-refractivity contribution in [3.05, 3.63) is 24.3 Å². The normalized spacial score (nSPS) is 18.8. The molecule has 0 spiro atoms. The number of rotatable bonds is 8. The molecule has 1 aromatic rings. The van der Waals surface area contributed by atoms with Crippen LogP contribution < -0.4 is 25.3 Å². The van der Waals surface area contributed by atoms with Gasteiger partial charge in [0, 0.05) is 17.4 Å². The standard InChI is InChI=1S/C20H31N5O2/c1-3-24-10-12-25(13-11-24)18-8-6-17(7-9-18)22-20(27)15-23(2)14-19(26)21-16-4-5-16/h6-9,16H,3-5,10-15H2,1-2H3,(H,21,26)(H,22,27)/p+2. The molecular weight excluding hydrogens is 342 g/mol. The number of hydrogen-bond acceptors (Lipinski definition) is 3. The summed E-state index contributed by atoms with van der Waals surface area (Å²) >= 11 is 0. The molecule has 0 aromatic heterocycles. The molecule has 0 radical (unpaired) electrons. The monoisotopic (exact) mass is 375 g/mol. The molecule has 27 heavy (non-hydrogen) atoms. The molecule has 2 fully saturated rings. The van der Waals surface area contributed by atoms with E-state index in [2.05, 4.69) is 34.6 Å². The fourth-order valence-electron chi connectivity index (χ4n) is 3.51. The maximum Gasteiger partial charge on any atom is 0.279 e. The second-order valence-electron chi connectivity index (χ2n) is 7.84. The zero-order valence-corrected chi connectivity index (χ0v) is 16.5. The van der Waals surface area contributed by atoms with Gasteiger partial charge < -0.3 is 25.3 Å². The van der Waals surface area contributed by atoms with E-state index in [1.54, 1.807) is 4.90 Å². The SMILES string of the molecule is CC[NH+]1CCN(c2ccc(NC(=O)C[NH+](C)CC(=O)NC3CC3)cc2)CC1. The average Bonchev–Trinajstić information content (AvgIpc) is 3.46. The fourth-order valence-corrected chi connectivity index (χ4v) is 3.51. The first-order chi connectivity index (χ1) is 13.0. The summed E-state index contributed by atoms with van der Waals surface area (Å²) in [7, 11) is 1.87. The number of benzene rings is 1. The van der Waals surface area contributed by atoms with Crippen LogP contribution in [0.4, 0.5) is 11.4 Å². The van der Waals surface area contributed by atoms with Gasteiger partial charge in [0.25, 0.3) is 11.8 Å². The quantitative estimate of drug-likeness (QED) is 0.431. The van der Waals surface area contributed by atoms with E-state index in [1.165, 1.54) is 25.3 Å². The molecule has 3 rings (SSSR count). The number of carbonyl (C=O) groups excluding carboxylic acids is 2. The molecule has 148 valence electrons. The van der Waals surface area contributed by atoms with Crippen molar-refractivity contribution in [3.8, 4) is 0 Å². The number of hydrogen-bond donors (Lipinski definition) is 4. The van der Waals surface area contributed by atoms with Gasteiger partial charge in [-0.2, -0.15) is 0 Å². The van der Waals surface area contributed by atoms with E-state index in [0.717, 1.165) is 36.5 Å². The summed E-state index contributed by atoms with van der Waals surface area (Å²) in [5.74, 6) is -0.0446. The Morgan fingerprint density at radius 3 is 2.33 bits per heavy atom. The van der Waals surface area contributed by atoms with E-state index in [9.17, 15) is 9.59 Å². The number of carbonyl (C=O) groups is 2. The van der Waals surface area contributed by atoms with Crippen LogP contribution in [0.5, 0.6) is 0 Å². The first-order valence-corrected chi connectivity index (χ1v) is 10.1. The third-order valence-electron chi connectivity index (χ3n) is 5.35. The van der Waals surface area contributed by atoms with Crippen molar-refractivity contribution >= 4 is 23.2 Å². The van der Waals surface area contributed by atoms with Gasteiger partial charge in [0.2, 0.25) is 0 Å². The van der Waals surface area contributed by atoms with Gasteiger partial charge in [-0.1, -0.05) is 0 Å². The highest BCUT2D eigenvalue weighted by Gasteiger charge is 2.25. The van der Waals surface area contributed by atoms with E-state index >= 15 is 0 Å². The van der Waals surface area contributed by atoms with Gasteiger partial charge in [0.05, 0.1) is 39.8 Å². The van der Waals surface area contributed by atoms with Crippen LogP contribution in [0.3, 0.4) is 0 Å². The van der Waals surface area contributed by atoms with Gasteiger partial charge in [0.1, 0.15) is 0 Å². The van der Waals surface area contributed by atoms with Crippen molar-refractivity contribution in [2.24, 2.45) is 0 Å². The molecule has 1 heterocycles. The third kappa shape index (κ3) is 6.22. The molecule has 1 saturated heterocycles. The largest absolute Gasteiger partial charge is 0.360 e. The number of likely N-dealkylation sites (N-methyl/N-ethyl adjacent to an activating group) is 2. The third-order valence-corrected chi connectivity index (χ3v) is 5.35. The van der Waals surface area contributed by atoms with Crippen LogP contribution in [0.25, 0.3) is 0 Å². The maximum atomic E-state index is 12.2. The molecule has 2 aliphatic rings. The summed E-state index contributed by atoms with van der Waals surface area (Å²) in [4.78, 5) is 29.0. The van der Waals surface area contributed by atoms with Gasteiger partial charge in [-0.3, -0.25) is 9.59 Å². The Bertz CT molecular complexity index is 636. The highest BCUT2D eigenvalue weighted by molar-refractivity contribution is 5.91. The predicted molar refractivity (Wildman–Crippen MR) is 106 cm³/mol. The second-order valence-corrected chi connectivity index (χ2v) is 7.84. The summed E-state index contributed by atoms with van der Waals surface area (Å²) < 4.78 is 0. The number of amides is 2. The van der Waals surface area contributed by atoms with Crippen molar-refractivity contribution in [1.82, 2.24) is 5.32 Å². The molecular formula is C20H33N5O2+2. The van der Waals surface area contributed by atoms with Crippen LogP contribution in [-0.2, 0) is 9.59 Å². The van der Waals surface area contributed by atoms with Gasteiger partial charge in [0.15, 0.2) is 13.1 Å². The highest BCUT2D eigenvalue weighted by atomic mass is 16.2. The smallest absolute Gasteiger partial charge is 0.279 e. The first kappa shape index (κ1) is 19.6. The Morgan fingerprint density at radius 2 is 1.74 bits per heavy atom. The first-order valence-electron chi connectivity index (χ1n) is 10.1. The van der Waals surface area contributed by atoms with Crippen LogP contribution in [0.15, 0.2) is 24.3 Å². The van der Waals surface area contributed by atoms with Gasteiger partial charge >= 0.3 is 0 Å². The summed E-state index contributed by atoms with van der Waals surface area (Å²) in [5, 5.41) is 5.89. The molecule has 7 nitrogen and oxygen atoms in total. The minimum absolute atomic E-state index is 0.0251. The number of nitrogens with one attached hydrogen (secondary N) is 4. The lowest BCUT2D eigenvalue weighted by Gasteiger charge is -2.33. The van der Waals surface area contributed by atoms with Crippen molar-refractivity contribution in [2.75, 3.05) is 63.1 Å². The van der Waals surface area contributed by atoms with Gasteiger partial charge in [-0.15, -0.1) is 0 Å². The molecule has 4 N–H and O–H groups in total. The second kappa shape index (κ2) is 9.19. The molecule has 1 saturated carbocycles. The number of piperazine rings is 1. The minimum Gasteiger partial charge on any atom is -0.360 e. The lowest BCUT2D eigenvalue weighted by molar-refractivity contribution is -0.898. The number of nitrogens with zero attached hydrogens (tertiary/aromatic N) is 1. The highest BCUT2D eigenvalue weighted by Crippen LogP contribution is 2.18. The molecule has 2 amide bonds. The molecule has 1 atom stereocenters. The molecule has 7 heteroatoms. The maximum absolute atomic E-state index is 12.2. The van der Waals surface area contributed by atoms with Crippen LogP contribution in [0.1, 0.15) is 19.8 Å². The van der Waals surface area contributed by atoms with Crippen LogP contribution in [0.2, 0.25) is 0 Å². The molecule has 0 bridgehead atoms. The number of anilines is 2. The average molecular weight is 376 g/mol. The zero-order valence-electron chi connectivity index (χ0n) is 16.5. The Morgan fingerprint density at radius 1 is 1.11 bits per heavy atom. The van der Waals surface area contributed by atoms with E-state index in [1.807, 2.05) is 19.2 Å². The van der Waals surface area contributed by atoms with E-state index in [-0.39, 0.29) is 18.4 Å².